The van der Waals surface area contributed by atoms with Gasteiger partial charge in [0.2, 0.25) is 5.91 Å². The zero-order valence-electron chi connectivity index (χ0n) is 18.9. The van der Waals surface area contributed by atoms with Crippen LogP contribution < -0.4 is 11.4 Å². The fraction of sp³-hybridized carbons (Fsp3) is 0.480. The number of nitrogens with zero attached hydrogens (tertiary/aromatic N) is 4. The number of benzene rings is 1. The second kappa shape index (κ2) is 9.49. The van der Waals surface area contributed by atoms with Gasteiger partial charge in [-0.25, -0.2) is 4.79 Å². The summed E-state index contributed by atoms with van der Waals surface area (Å²) in [7, 11) is 0. The molecule has 3 aromatic rings. The van der Waals surface area contributed by atoms with E-state index in [2.05, 4.69) is 14.9 Å². The van der Waals surface area contributed by atoms with Gasteiger partial charge in [0.15, 0.2) is 0 Å². The number of para-hydroxylation sites is 2. The molecule has 5 rings (SSSR count). The summed E-state index contributed by atoms with van der Waals surface area (Å²) in [5.41, 5.74) is 9.09. The number of nitrogens with one attached hydrogen (secondary N) is 1. The number of aromatic amines is 1. The minimum atomic E-state index is -0.518. The molecular weight excluding hydrogens is 416 g/mol. The summed E-state index contributed by atoms with van der Waals surface area (Å²) >= 11 is 0. The standard InChI is InChI=1S/C25H32N6O2/c26-21(16-18-4-3-11-27-17-18)24(32)30-14-7-19(8-15-30)29-12-9-20(10-13-29)31-23-6-2-1-5-22(23)28-25(31)33/h1-6,11,17,19-21H,7-10,12-16,26H2,(H,28,33). The highest BCUT2D eigenvalue weighted by molar-refractivity contribution is 5.82. The molecule has 1 atom stereocenters. The lowest BCUT2D eigenvalue weighted by Crippen LogP contribution is -2.52. The predicted octanol–water partition coefficient (Wildman–Crippen LogP) is 1.92. The average Bonchev–Trinajstić information content (AvgIpc) is 3.20. The molecular formula is C25H32N6O2. The number of nitrogens with two attached hydrogens (primary N) is 1. The van der Waals surface area contributed by atoms with Crippen LogP contribution in [0, 0.1) is 0 Å². The molecule has 0 aliphatic carbocycles. The average molecular weight is 449 g/mol. The third-order valence-corrected chi connectivity index (χ3v) is 7.28. The molecule has 1 aromatic carbocycles. The Hall–Kier alpha value is -2.97. The fourth-order valence-corrected chi connectivity index (χ4v) is 5.49. The second-order valence-electron chi connectivity index (χ2n) is 9.31. The van der Waals surface area contributed by atoms with Crippen LogP contribution in [0.25, 0.3) is 11.0 Å². The van der Waals surface area contributed by atoms with E-state index in [4.69, 9.17) is 5.73 Å². The SMILES string of the molecule is NC(Cc1cccnc1)C(=O)N1CCC(N2CCC(n3c(=O)[nH]c4ccccc43)CC2)CC1. The molecule has 1 amide bonds. The second-order valence-corrected chi connectivity index (χ2v) is 9.31. The third kappa shape index (κ3) is 4.58. The van der Waals surface area contributed by atoms with Crippen molar-refractivity contribution >= 4 is 16.9 Å². The van der Waals surface area contributed by atoms with Gasteiger partial charge < -0.3 is 20.5 Å². The van der Waals surface area contributed by atoms with E-state index < -0.39 is 6.04 Å². The number of amides is 1. The number of fused-ring (bicyclic) bond motifs is 1. The van der Waals surface area contributed by atoms with Crippen molar-refractivity contribution in [3.05, 3.63) is 64.8 Å². The van der Waals surface area contributed by atoms with E-state index in [1.165, 1.54) is 0 Å². The highest BCUT2D eigenvalue weighted by Crippen LogP contribution is 2.28. The van der Waals surface area contributed by atoms with Gasteiger partial charge in [-0.1, -0.05) is 18.2 Å². The zero-order valence-corrected chi connectivity index (χ0v) is 18.9. The molecule has 174 valence electrons. The number of aromatic nitrogens is 3. The highest BCUT2D eigenvalue weighted by atomic mass is 16.2. The molecule has 2 aliphatic rings. The maximum Gasteiger partial charge on any atom is 0.326 e. The minimum absolute atomic E-state index is 0.0101. The van der Waals surface area contributed by atoms with Crippen LogP contribution in [0.3, 0.4) is 0 Å². The molecule has 8 heteroatoms. The van der Waals surface area contributed by atoms with Gasteiger partial charge in [0.05, 0.1) is 17.1 Å². The van der Waals surface area contributed by atoms with Gasteiger partial charge in [-0.05, 0) is 55.9 Å². The van der Waals surface area contributed by atoms with Crippen molar-refractivity contribution in [1.82, 2.24) is 24.3 Å². The normalized spacial score (nSPS) is 19.7. The smallest absolute Gasteiger partial charge is 0.326 e. The summed E-state index contributed by atoms with van der Waals surface area (Å²) in [6.07, 6.45) is 7.91. The molecule has 3 N–H and O–H groups in total. The third-order valence-electron chi connectivity index (χ3n) is 7.28. The number of hydrogen-bond acceptors (Lipinski definition) is 5. The number of piperidine rings is 2. The molecule has 0 radical (unpaired) electrons. The first-order valence-electron chi connectivity index (χ1n) is 12.0. The number of hydrogen-bond donors (Lipinski definition) is 2. The first-order valence-corrected chi connectivity index (χ1v) is 12.0. The Morgan fingerprint density at radius 2 is 1.76 bits per heavy atom. The lowest BCUT2D eigenvalue weighted by Gasteiger charge is -2.42. The van der Waals surface area contributed by atoms with E-state index in [0.717, 1.165) is 68.5 Å². The Morgan fingerprint density at radius 3 is 2.48 bits per heavy atom. The summed E-state index contributed by atoms with van der Waals surface area (Å²) in [4.78, 5) is 36.9. The van der Waals surface area contributed by atoms with Crippen LogP contribution in [0.15, 0.2) is 53.6 Å². The molecule has 1 unspecified atom stereocenters. The van der Waals surface area contributed by atoms with Gasteiger partial charge in [0.25, 0.3) is 0 Å². The molecule has 2 aliphatic heterocycles. The summed E-state index contributed by atoms with van der Waals surface area (Å²) in [5.74, 6) is 0.0368. The Kier molecular flexibility index (Phi) is 6.28. The minimum Gasteiger partial charge on any atom is -0.341 e. The largest absolute Gasteiger partial charge is 0.341 e. The quantitative estimate of drug-likeness (QED) is 0.621. The molecule has 8 nitrogen and oxygen atoms in total. The molecule has 2 aromatic heterocycles. The number of carbonyl (C=O) groups excluding carboxylic acids is 1. The van der Waals surface area contributed by atoms with Crippen LogP contribution in [0.1, 0.15) is 37.3 Å². The fourth-order valence-electron chi connectivity index (χ4n) is 5.49. The van der Waals surface area contributed by atoms with Gasteiger partial charge in [0.1, 0.15) is 0 Å². The topological polar surface area (TPSA) is 100 Å². The Labute approximate surface area is 193 Å². The van der Waals surface area contributed by atoms with Gasteiger partial charge >= 0.3 is 5.69 Å². The first kappa shape index (κ1) is 21.9. The number of rotatable bonds is 5. The Morgan fingerprint density at radius 1 is 1.03 bits per heavy atom. The Balaban J connectivity index is 1.13. The zero-order chi connectivity index (χ0) is 22.8. The molecule has 0 bridgehead atoms. The number of pyridine rings is 1. The van der Waals surface area contributed by atoms with Crippen LogP contribution in [-0.4, -0.2) is 68.5 Å². The van der Waals surface area contributed by atoms with Crippen molar-refractivity contribution in [1.29, 1.82) is 0 Å². The molecule has 4 heterocycles. The molecule has 2 fully saturated rings. The van der Waals surface area contributed by atoms with Crippen molar-refractivity contribution in [2.75, 3.05) is 26.2 Å². The van der Waals surface area contributed by atoms with Crippen LogP contribution in [0.4, 0.5) is 0 Å². The summed E-state index contributed by atoms with van der Waals surface area (Å²) < 4.78 is 1.94. The van der Waals surface area contributed by atoms with E-state index in [-0.39, 0.29) is 17.6 Å². The first-order chi connectivity index (χ1) is 16.1. The maximum absolute atomic E-state index is 12.8. The number of likely N-dealkylation sites (tertiary alicyclic amines) is 2. The lowest BCUT2D eigenvalue weighted by atomic mass is 9.97. The monoisotopic (exact) mass is 448 g/mol. The number of carbonyl (C=O) groups is 1. The number of H-pyrrole nitrogens is 1. The molecule has 0 spiro atoms. The summed E-state index contributed by atoms with van der Waals surface area (Å²) in [6, 6.07) is 12.0. The van der Waals surface area contributed by atoms with Crippen LogP contribution in [0.2, 0.25) is 0 Å². The van der Waals surface area contributed by atoms with E-state index in [1.54, 1.807) is 12.4 Å². The van der Waals surface area contributed by atoms with E-state index >= 15 is 0 Å². The van der Waals surface area contributed by atoms with Gasteiger partial charge in [-0.2, -0.15) is 0 Å². The maximum atomic E-state index is 12.8. The van der Waals surface area contributed by atoms with Crippen molar-refractivity contribution in [2.24, 2.45) is 5.73 Å². The van der Waals surface area contributed by atoms with Crippen molar-refractivity contribution in [3.8, 4) is 0 Å². The molecule has 0 saturated carbocycles. The van der Waals surface area contributed by atoms with Crippen molar-refractivity contribution in [2.45, 2.75) is 50.2 Å². The van der Waals surface area contributed by atoms with E-state index in [0.29, 0.717) is 12.5 Å². The number of imidazole rings is 1. The van der Waals surface area contributed by atoms with Crippen LogP contribution in [0.5, 0.6) is 0 Å². The lowest BCUT2D eigenvalue weighted by molar-refractivity contribution is -0.134. The van der Waals surface area contributed by atoms with Crippen molar-refractivity contribution in [3.63, 3.8) is 0 Å². The summed E-state index contributed by atoms with van der Waals surface area (Å²) in [6.45, 7) is 3.48. The van der Waals surface area contributed by atoms with Crippen LogP contribution in [-0.2, 0) is 11.2 Å². The van der Waals surface area contributed by atoms with Gasteiger partial charge in [-0.3, -0.25) is 14.3 Å². The van der Waals surface area contributed by atoms with Gasteiger partial charge in [-0.15, -0.1) is 0 Å². The van der Waals surface area contributed by atoms with Crippen molar-refractivity contribution < 1.29 is 4.79 Å². The summed E-state index contributed by atoms with van der Waals surface area (Å²) in [5, 5.41) is 0. The van der Waals surface area contributed by atoms with Gasteiger partial charge in [0, 0.05) is 50.7 Å². The Bertz CT molecular complexity index is 1140. The van der Waals surface area contributed by atoms with Crippen LogP contribution >= 0.6 is 0 Å². The molecule has 2 saturated heterocycles. The van der Waals surface area contributed by atoms with E-state index in [9.17, 15) is 9.59 Å². The predicted molar refractivity (Wildman–Crippen MR) is 128 cm³/mol. The van der Waals surface area contributed by atoms with E-state index in [1.807, 2.05) is 45.9 Å². The highest BCUT2D eigenvalue weighted by Gasteiger charge is 2.32. The molecule has 33 heavy (non-hydrogen) atoms.